The summed E-state index contributed by atoms with van der Waals surface area (Å²) in [4.78, 5) is 16.2. The number of carbonyl (C=O) groups is 1. The van der Waals surface area contributed by atoms with Crippen LogP contribution in [0.2, 0.25) is 0 Å². The van der Waals surface area contributed by atoms with Gasteiger partial charge in [0.05, 0.1) is 4.90 Å². The number of nitrogens with one attached hydrogen (secondary N) is 2. The minimum absolute atomic E-state index is 0.0219. The van der Waals surface area contributed by atoms with Crippen LogP contribution in [0.5, 0.6) is 11.5 Å². The Balaban J connectivity index is 1.73. The van der Waals surface area contributed by atoms with Gasteiger partial charge in [0.2, 0.25) is 0 Å². The van der Waals surface area contributed by atoms with Gasteiger partial charge in [0.15, 0.2) is 16.6 Å². The van der Waals surface area contributed by atoms with E-state index in [1.165, 1.54) is 54.7 Å². The van der Waals surface area contributed by atoms with Crippen LogP contribution in [-0.4, -0.2) is 29.5 Å². The average Bonchev–Trinajstić information content (AvgIpc) is 3.21. The van der Waals surface area contributed by atoms with Crippen LogP contribution in [0, 0.1) is 11.3 Å². The number of aromatic hydroxyl groups is 2. The van der Waals surface area contributed by atoms with Gasteiger partial charge in [-0.05, 0) is 48.0 Å². The van der Waals surface area contributed by atoms with Crippen LogP contribution in [0.4, 0.5) is 10.8 Å². The number of carbonyl (C=O) groups excluding carboxylic acids is 1. The molecule has 3 rings (SSSR count). The molecule has 2 aromatic carbocycles. The lowest BCUT2D eigenvalue weighted by molar-refractivity contribution is -0.112. The fourth-order valence-corrected chi connectivity index (χ4v) is 4.10. The summed E-state index contributed by atoms with van der Waals surface area (Å²) in [5.41, 5.74) is 0.372. The molecule has 0 aliphatic carbocycles. The van der Waals surface area contributed by atoms with Gasteiger partial charge in [-0.1, -0.05) is 6.07 Å². The van der Waals surface area contributed by atoms with E-state index >= 15 is 0 Å². The van der Waals surface area contributed by atoms with E-state index in [4.69, 9.17) is 0 Å². The number of aromatic nitrogens is 1. The molecule has 0 saturated carbocycles. The van der Waals surface area contributed by atoms with Crippen molar-refractivity contribution in [1.82, 2.24) is 4.98 Å². The fourth-order valence-electron chi connectivity index (χ4n) is 2.31. The minimum Gasteiger partial charge on any atom is -0.504 e. The molecule has 3 aromatic rings. The van der Waals surface area contributed by atoms with Crippen molar-refractivity contribution in [3.05, 3.63) is 65.2 Å². The van der Waals surface area contributed by atoms with Crippen LogP contribution < -0.4 is 10.0 Å². The van der Waals surface area contributed by atoms with Gasteiger partial charge in [-0.15, -0.1) is 11.3 Å². The number of phenols is 2. The first-order valence-corrected chi connectivity index (χ1v) is 10.6. The fraction of sp³-hybridized carbons (Fsp3) is 0. The molecule has 9 nitrogen and oxygen atoms in total. The van der Waals surface area contributed by atoms with Crippen LogP contribution in [0.25, 0.3) is 6.08 Å². The number of thiazole rings is 1. The number of benzene rings is 2. The van der Waals surface area contributed by atoms with Crippen molar-refractivity contribution < 1.29 is 23.4 Å². The molecule has 0 saturated heterocycles. The SMILES string of the molecule is N#CC(=Cc1ccc(O)c(O)c1)C(=O)Nc1ccc(S(=O)(=O)Nc2nccs2)cc1. The Morgan fingerprint density at radius 1 is 1.13 bits per heavy atom. The Morgan fingerprint density at radius 3 is 2.47 bits per heavy atom. The Kier molecular flexibility index (Phi) is 6.01. The Bertz CT molecular complexity index is 1250. The summed E-state index contributed by atoms with van der Waals surface area (Å²) in [5.74, 6) is -1.43. The molecule has 0 aliphatic rings. The number of anilines is 2. The highest BCUT2D eigenvalue weighted by molar-refractivity contribution is 7.93. The summed E-state index contributed by atoms with van der Waals surface area (Å²) in [6, 6.07) is 11.0. The van der Waals surface area contributed by atoms with Gasteiger partial charge >= 0.3 is 0 Å². The molecule has 1 aromatic heterocycles. The number of nitrogens with zero attached hydrogens (tertiary/aromatic N) is 2. The zero-order valence-electron chi connectivity index (χ0n) is 15.1. The molecule has 0 bridgehead atoms. The molecule has 0 fully saturated rings. The maximum Gasteiger partial charge on any atom is 0.266 e. The Hall–Kier alpha value is -3.88. The molecule has 0 atom stereocenters. The van der Waals surface area contributed by atoms with E-state index in [0.29, 0.717) is 5.56 Å². The second-order valence-electron chi connectivity index (χ2n) is 5.84. The molecule has 1 amide bonds. The Labute approximate surface area is 175 Å². The van der Waals surface area contributed by atoms with Gasteiger partial charge in [0.25, 0.3) is 15.9 Å². The predicted octanol–water partition coefficient (Wildman–Crippen LogP) is 2.90. The van der Waals surface area contributed by atoms with Crippen LogP contribution in [-0.2, 0) is 14.8 Å². The largest absolute Gasteiger partial charge is 0.504 e. The van der Waals surface area contributed by atoms with Gasteiger partial charge in [0.1, 0.15) is 11.6 Å². The van der Waals surface area contributed by atoms with Crippen LogP contribution in [0.1, 0.15) is 5.56 Å². The van der Waals surface area contributed by atoms with Crippen molar-refractivity contribution in [2.45, 2.75) is 4.90 Å². The Morgan fingerprint density at radius 2 is 1.87 bits per heavy atom. The number of hydrogen-bond acceptors (Lipinski definition) is 8. The van der Waals surface area contributed by atoms with Crippen molar-refractivity contribution in [3.63, 3.8) is 0 Å². The van der Waals surface area contributed by atoms with Crippen LogP contribution in [0.15, 0.2) is 64.5 Å². The highest BCUT2D eigenvalue weighted by atomic mass is 32.2. The topological polar surface area (TPSA) is 152 Å². The maximum atomic E-state index is 12.3. The van der Waals surface area contributed by atoms with E-state index in [-0.39, 0.29) is 32.8 Å². The summed E-state index contributed by atoms with van der Waals surface area (Å²) in [6.07, 6.45) is 2.71. The van der Waals surface area contributed by atoms with Gasteiger partial charge in [-0.3, -0.25) is 9.52 Å². The molecule has 0 unspecified atom stereocenters. The molecule has 4 N–H and O–H groups in total. The van der Waals surface area contributed by atoms with Crippen molar-refractivity contribution in [1.29, 1.82) is 5.26 Å². The highest BCUT2D eigenvalue weighted by Gasteiger charge is 2.16. The minimum atomic E-state index is -3.82. The lowest BCUT2D eigenvalue weighted by atomic mass is 10.1. The monoisotopic (exact) mass is 442 g/mol. The molecule has 0 aliphatic heterocycles. The van der Waals surface area contributed by atoms with Crippen LogP contribution >= 0.6 is 11.3 Å². The lowest BCUT2D eigenvalue weighted by Gasteiger charge is -2.08. The van der Waals surface area contributed by atoms with Gasteiger partial charge in [0, 0.05) is 17.3 Å². The van der Waals surface area contributed by atoms with E-state index in [2.05, 4.69) is 15.0 Å². The normalized spacial score (nSPS) is 11.5. The van der Waals surface area contributed by atoms with Crippen molar-refractivity contribution >= 4 is 44.2 Å². The second-order valence-corrected chi connectivity index (χ2v) is 8.42. The summed E-state index contributed by atoms with van der Waals surface area (Å²) in [5, 5.41) is 32.5. The highest BCUT2D eigenvalue weighted by Crippen LogP contribution is 2.26. The summed E-state index contributed by atoms with van der Waals surface area (Å²) >= 11 is 1.14. The third-order valence-electron chi connectivity index (χ3n) is 3.75. The molecule has 0 spiro atoms. The van der Waals surface area contributed by atoms with Crippen molar-refractivity contribution in [2.24, 2.45) is 0 Å². The van der Waals surface area contributed by atoms with Crippen LogP contribution in [0.3, 0.4) is 0 Å². The zero-order chi connectivity index (χ0) is 21.7. The van der Waals surface area contributed by atoms with E-state index in [9.17, 15) is 28.7 Å². The van der Waals surface area contributed by atoms with Gasteiger partial charge < -0.3 is 15.5 Å². The quantitative estimate of drug-likeness (QED) is 0.260. The van der Waals surface area contributed by atoms with Crippen molar-refractivity contribution in [2.75, 3.05) is 10.0 Å². The molecular weight excluding hydrogens is 428 g/mol. The molecule has 11 heteroatoms. The number of rotatable bonds is 6. The maximum absolute atomic E-state index is 12.3. The first kappa shape index (κ1) is 20.8. The third-order valence-corrected chi connectivity index (χ3v) is 5.92. The van der Waals surface area contributed by atoms with Gasteiger partial charge in [-0.2, -0.15) is 5.26 Å². The van der Waals surface area contributed by atoms with Crippen molar-refractivity contribution in [3.8, 4) is 17.6 Å². The number of phenolic OH excluding ortho intramolecular Hbond substituents is 2. The van der Waals surface area contributed by atoms with E-state index < -0.39 is 15.9 Å². The van der Waals surface area contributed by atoms with E-state index in [0.717, 1.165) is 11.3 Å². The van der Waals surface area contributed by atoms with Gasteiger partial charge in [-0.25, -0.2) is 13.4 Å². The number of hydrogen-bond donors (Lipinski definition) is 4. The zero-order valence-corrected chi connectivity index (χ0v) is 16.7. The first-order chi connectivity index (χ1) is 14.3. The van der Waals surface area contributed by atoms with E-state index in [1.54, 1.807) is 11.4 Å². The summed E-state index contributed by atoms with van der Waals surface area (Å²) in [7, 11) is -3.82. The summed E-state index contributed by atoms with van der Waals surface area (Å²) in [6.45, 7) is 0. The summed E-state index contributed by atoms with van der Waals surface area (Å²) < 4.78 is 27.0. The smallest absolute Gasteiger partial charge is 0.266 e. The molecule has 30 heavy (non-hydrogen) atoms. The number of sulfonamides is 1. The first-order valence-electron chi connectivity index (χ1n) is 8.26. The second kappa shape index (κ2) is 8.64. The average molecular weight is 442 g/mol. The third kappa shape index (κ3) is 4.93. The number of nitriles is 1. The molecule has 0 radical (unpaired) electrons. The molecular formula is C19H14N4O5S2. The molecule has 1 heterocycles. The standard InChI is InChI=1S/C19H14N4O5S2/c20-11-13(9-12-1-6-16(24)17(25)10-12)18(26)22-14-2-4-15(5-3-14)30(27,28)23-19-21-7-8-29-19/h1-10,24-25H,(H,21,23)(H,22,26). The lowest BCUT2D eigenvalue weighted by Crippen LogP contribution is -2.15. The predicted molar refractivity (Wildman–Crippen MR) is 111 cm³/mol. The van der Waals surface area contributed by atoms with E-state index in [1.807, 2.05) is 0 Å². The number of amides is 1. The molecule has 152 valence electrons.